The third-order valence-corrected chi connectivity index (χ3v) is 6.08. The highest BCUT2D eigenvalue weighted by Crippen LogP contribution is 2.31. The van der Waals surface area contributed by atoms with Gasteiger partial charge in [-0.25, -0.2) is 8.42 Å². The third kappa shape index (κ3) is 4.48. The number of piperidine rings is 1. The van der Waals surface area contributed by atoms with Crippen molar-refractivity contribution in [3.63, 3.8) is 0 Å². The Balaban J connectivity index is 1.97. The largest absolute Gasteiger partial charge is 0.495 e. The average Bonchev–Trinajstić information content (AvgIpc) is 2.73. The first-order chi connectivity index (χ1) is 13.8. The van der Waals surface area contributed by atoms with Gasteiger partial charge in [-0.1, -0.05) is 12.1 Å². The highest BCUT2D eigenvalue weighted by Gasteiger charge is 2.26. The molecule has 1 fully saturated rings. The molecule has 1 aliphatic rings. The van der Waals surface area contributed by atoms with Crippen molar-refractivity contribution >= 4 is 27.3 Å². The van der Waals surface area contributed by atoms with Crippen LogP contribution in [0.25, 0.3) is 0 Å². The Morgan fingerprint density at radius 3 is 2.48 bits per heavy atom. The number of non-ortho nitro benzene ring substituents is 1. The number of carbonyl (C=O) groups is 1. The summed E-state index contributed by atoms with van der Waals surface area (Å²) in [5.74, 6) is -0.294. The molecule has 2 aromatic carbocycles. The fraction of sp³-hybridized carbons (Fsp3) is 0.316. The molecule has 0 saturated carbocycles. The van der Waals surface area contributed by atoms with Crippen molar-refractivity contribution in [3.05, 3.63) is 58.1 Å². The average molecular weight is 419 g/mol. The quantitative estimate of drug-likeness (QED) is 0.568. The van der Waals surface area contributed by atoms with Crippen molar-refractivity contribution in [2.45, 2.75) is 24.2 Å². The van der Waals surface area contributed by atoms with E-state index in [4.69, 9.17) is 4.74 Å². The molecule has 3 rings (SSSR count). The molecular formula is C19H21N3O6S. The van der Waals surface area contributed by atoms with Crippen LogP contribution in [0.4, 0.5) is 11.4 Å². The molecule has 10 heteroatoms. The first kappa shape index (κ1) is 20.6. The van der Waals surface area contributed by atoms with Gasteiger partial charge >= 0.3 is 0 Å². The molecule has 29 heavy (non-hydrogen) atoms. The molecule has 0 radical (unpaired) electrons. The summed E-state index contributed by atoms with van der Waals surface area (Å²) in [4.78, 5) is 24.6. The second-order valence-corrected chi connectivity index (χ2v) is 8.25. The summed E-state index contributed by atoms with van der Waals surface area (Å²) >= 11 is 0. The van der Waals surface area contributed by atoms with E-state index in [0.717, 1.165) is 31.4 Å². The van der Waals surface area contributed by atoms with Crippen LogP contribution in [-0.2, 0) is 10.0 Å². The molecule has 1 N–H and O–H groups in total. The molecule has 0 bridgehead atoms. The summed E-state index contributed by atoms with van der Waals surface area (Å²) < 4.78 is 33.4. The Hall–Kier alpha value is -3.14. The zero-order chi connectivity index (χ0) is 21.0. The number of nitrogens with zero attached hydrogens (tertiary/aromatic N) is 2. The number of para-hydroxylation sites is 1. The number of benzene rings is 2. The summed E-state index contributed by atoms with van der Waals surface area (Å²) in [5, 5.41) is 11.1. The van der Waals surface area contributed by atoms with Gasteiger partial charge in [0.25, 0.3) is 21.6 Å². The number of rotatable bonds is 6. The fourth-order valence-electron chi connectivity index (χ4n) is 3.21. The lowest BCUT2D eigenvalue weighted by Gasteiger charge is -2.27. The van der Waals surface area contributed by atoms with E-state index in [9.17, 15) is 23.3 Å². The number of amides is 1. The van der Waals surface area contributed by atoms with Gasteiger partial charge in [0.15, 0.2) is 0 Å². The van der Waals surface area contributed by atoms with E-state index in [1.54, 1.807) is 23.1 Å². The molecule has 154 valence electrons. The van der Waals surface area contributed by atoms with Crippen molar-refractivity contribution < 1.29 is 22.9 Å². The topological polar surface area (TPSA) is 119 Å². The Morgan fingerprint density at radius 1 is 1.14 bits per heavy atom. The number of carbonyl (C=O) groups excluding carboxylic acids is 1. The first-order valence-corrected chi connectivity index (χ1v) is 10.6. The summed E-state index contributed by atoms with van der Waals surface area (Å²) in [6.07, 6.45) is 2.87. The van der Waals surface area contributed by atoms with Crippen LogP contribution in [-0.4, -0.2) is 44.3 Å². The second-order valence-electron chi connectivity index (χ2n) is 6.60. The van der Waals surface area contributed by atoms with Crippen LogP contribution < -0.4 is 9.46 Å². The minimum Gasteiger partial charge on any atom is -0.495 e. The van der Waals surface area contributed by atoms with Crippen molar-refractivity contribution in [1.82, 2.24) is 4.90 Å². The predicted octanol–water partition coefficient (Wildman–Crippen LogP) is 3.03. The molecule has 1 saturated heterocycles. The second kappa shape index (κ2) is 8.48. The Morgan fingerprint density at radius 2 is 1.83 bits per heavy atom. The summed E-state index contributed by atoms with van der Waals surface area (Å²) in [6, 6.07) is 9.61. The zero-order valence-corrected chi connectivity index (χ0v) is 16.6. The standard InChI is InChI=1S/C19H21N3O6S/c1-28-17-10-9-14(22(24)25)13-18(17)29(26,27)20-16-8-4-3-7-15(16)19(23)21-11-5-2-6-12-21/h3-4,7-10,13,20H,2,5-6,11-12H2,1H3. The van der Waals surface area contributed by atoms with Crippen LogP contribution in [0, 0.1) is 10.1 Å². The maximum absolute atomic E-state index is 13.0. The maximum Gasteiger partial charge on any atom is 0.271 e. The number of nitro groups is 1. The zero-order valence-electron chi connectivity index (χ0n) is 15.8. The van der Waals surface area contributed by atoms with Crippen LogP contribution in [0.15, 0.2) is 47.4 Å². The number of sulfonamides is 1. The normalized spacial score (nSPS) is 14.3. The van der Waals surface area contributed by atoms with Crippen molar-refractivity contribution in [1.29, 1.82) is 0 Å². The molecule has 2 aromatic rings. The van der Waals surface area contributed by atoms with Gasteiger partial charge in [0.1, 0.15) is 10.6 Å². The van der Waals surface area contributed by atoms with Gasteiger partial charge in [-0.3, -0.25) is 19.6 Å². The van der Waals surface area contributed by atoms with E-state index in [1.165, 1.54) is 19.2 Å². The number of likely N-dealkylation sites (tertiary alicyclic amines) is 1. The fourth-order valence-corrected chi connectivity index (χ4v) is 4.48. The molecule has 9 nitrogen and oxygen atoms in total. The molecule has 0 aliphatic carbocycles. The molecule has 0 aromatic heterocycles. The van der Waals surface area contributed by atoms with Crippen LogP contribution in [0.5, 0.6) is 5.75 Å². The van der Waals surface area contributed by atoms with Gasteiger partial charge in [0.05, 0.1) is 23.3 Å². The van der Waals surface area contributed by atoms with E-state index in [2.05, 4.69) is 4.72 Å². The van der Waals surface area contributed by atoms with Crippen LogP contribution in [0.2, 0.25) is 0 Å². The summed E-state index contributed by atoms with van der Waals surface area (Å²) in [6.45, 7) is 1.25. The van der Waals surface area contributed by atoms with Gasteiger partial charge in [0.2, 0.25) is 0 Å². The molecule has 1 aliphatic heterocycles. The van der Waals surface area contributed by atoms with E-state index in [-0.39, 0.29) is 33.5 Å². The predicted molar refractivity (Wildman–Crippen MR) is 107 cm³/mol. The smallest absolute Gasteiger partial charge is 0.271 e. The Labute approximate surface area is 168 Å². The molecule has 0 atom stereocenters. The van der Waals surface area contributed by atoms with E-state index in [1.807, 2.05) is 0 Å². The van der Waals surface area contributed by atoms with Crippen molar-refractivity contribution in [3.8, 4) is 5.75 Å². The maximum atomic E-state index is 13.0. The Bertz CT molecular complexity index is 1030. The van der Waals surface area contributed by atoms with Crippen molar-refractivity contribution in [2.75, 3.05) is 24.9 Å². The third-order valence-electron chi connectivity index (χ3n) is 4.69. The number of methoxy groups -OCH3 is 1. The molecular weight excluding hydrogens is 398 g/mol. The molecule has 0 spiro atoms. The van der Waals surface area contributed by atoms with Gasteiger partial charge in [-0.2, -0.15) is 0 Å². The van der Waals surface area contributed by atoms with Gasteiger partial charge in [0, 0.05) is 25.2 Å². The minimum atomic E-state index is -4.25. The van der Waals surface area contributed by atoms with Gasteiger partial charge in [-0.05, 0) is 37.5 Å². The van der Waals surface area contributed by atoms with Crippen molar-refractivity contribution in [2.24, 2.45) is 0 Å². The van der Waals surface area contributed by atoms with Gasteiger partial charge in [-0.15, -0.1) is 0 Å². The molecule has 1 heterocycles. The highest BCUT2D eigenvalue weighted by atomic mass is 32.2. The summed E-state index contributed by atoms with van der Waals surface area (Å²) in [5.41, 5.74) is -0.0529. The van der Waals surface area contributed by atoms with Crippen LogP contribution >= 0.6 is 0 Å². The first-order valence-electron chi connectivity index (χ1n) is 9.07. The highest BCUT2D eigenvalue weighted by molar-refractivity contribution is 7.92. The minimum absolute atomic E-state index is 0.0389. The molecule has 1 amide bonds. The number of nitrogens with one attached hydrogen (secondary N) is 1. The van der Waals surface area contributed by atoms with Gasteiger partial charge < -0.3 is 9.64 Å². The number of anilines is 1. The monoisotopic (exact) mass is 419 g/mol. The van der Waals surface area contributed by atoms with E-state index in [0.29, 0.717) is 13.1 Å². The van der Waals surface area contributed by atoms with E-state index >= 15 is 0 Å². The number of hydrogen-bond donors (Lipinski definition) is 1. The Kier molecular flexibility index (Phi) is 6.02. The lowest BCUT2D eigenvalue weighted by Crippen LogP contribution is -2.36. The molecule has 0 unspecified atom stereocenters. The SMILES string of the molecule is COc1ccc([N+](=O)[O-])cc1S(=O)(=O)Nc1ccccc1C(=O)N1CCCCC1. The van der Waals surface area contributed by atoms with Crippen LogP contribution in [0.3, 0.4) is 0 Å². The summed E-state index contributed by atoms with van der Waals surface area (Å²) in [7, 11) is -2.98. The van der Waals surface area contributed by atoms with Crippen LogP contribution in [0.1, 0.15) is 29.6 Å². The number of ether oxygens (including phenoxy) is 1. The lowest BCUT2D eigenvalue weighted by atomic mass is 10.1. The number of hydrogen-bond acceptors (Lipinski definition) is 6. The van der Waals surface area contributed by atoms with E-state index < -0.39 is 14.9 Å². The lowest BCUT2D eigenvalue weighted by molar-refractivity contribution is -0.385. The number of nitro benzene ring substituents is 1.